The lowest BCUT2D eigenvalue weighted by molar-refractivity contribution is 0.142. The summed E-state index contributed by atoms with van der Waals surface area (Å²) >= 11 is 11.0. The van der Waals surface area contributed by atoms with Crippen molar-refractivity contribution in [3.63, 3.8) is 0 Å². The summed E-state index contributed by atoms with van der Waals surface area (Å²) in [5.74, 6) is 0.642. The Labute approximate surface area is 110 Å². The van der Waals surface area contributed by atoms with Crippen LogP contribution in [0, 0.1) is 0 Å². The topological polar surface area (TPSA) is 37.2 Å². The number of ether oxygens (including phenoxy) is 1. The quantitative estimate of drug-likeness (QED) is 0.791. The van der Waals surface area contributed by atoms with Crippen LogP contribution in [0.1, 0.15) is 6.92 Å². The van der Waals surface area contributed by atoms with Gasteiger partial charge >= 0.3 is 0 Å². The monoisotopic (exact) mass is 269 g/mol. The minimum Gasteiger partial charge on any atom is -0.485 e. The van der Waals surface area contributed by atoms with Gasteiger partial charge in [-0.15, -0.1) is 5.11 Å². The van der Waals surface area contributed by atoms with Crippen LogP contribution in [0.4, 0.5) is 0 Å². The number of azo groups is 1. The Balaban J connectivity index is 2.08. The van der Waals surface area contributed by atoms with Gasteiger partial charge in [0.2, 0.25) is 5.11 Å². The van der Waals surface area contributed by atoms with Crippen molar-refractivity contribution in [2.24, 2.45) is 10.2 Å². The summed E-state index contributed by atoms with van der Waals surface area (Å²) in [4.78, 5) is 1.80. The minimum atomic E-state index is -0.196. The Morgan fingerprint density at radius 2 is 2.18 bits per heavy atom. The Bertz CT molecular complexity index is 466. The van der Waals surface area contributed by atoms with Crippen LogP contribution in [-0.4, -0.2) is 29.3 Å². The zero-order valence-corrected chi connectivity index (χ0v) is 11.1. The van der Waals surface area contributed by atoms with Crippen LogP contribution >= 0.6 is 23.8 Å². The van der Waals surface area contributed by atoms with Gasteiger partial charge < -0.3 is 9.64 Å². The van der Waals surface area contributed by atoms with E-state index in [0.717, 1.165) is 0 Å². The molecule has 0 aliphatic carbocycles. The number of hydrogen-bond acceptors (Lipinski definition) is 3. The summed E-state index contributed by atoms with van der Waals surface area (Å²) in [5, 5.41) is 8.98. The molecule has 6 heteroatoms. The van der Waals surface area contributed by atoms with Gasteiger partial charge in [0.1, 0.15) is 11.9 Å². The van der Waals surface area contributed by atoms with Crippen molar-refractivity contribution in [3.8, 4) is 5.75 Å². The molecule has 1 aromatic carbocycles. The predicted molar refractivity (Wildman–Crippen MR) is 70.5 cm³/mol. The predicted octanol–water partition coefficient (Wildman–Crippen LogP) is 3.12. The molecule has 0 bridgehead atoms. The molecule has 4 nitrogen and oxygen atoms in total. The van der Waals surface area contributed by atoms with Crippen molar-refractivity contribution >= 4 is 28.9 Å². The van der Waals surface area contributed by atoms with Gasteiger partial charge in [0, 0.05) is 7.05 Å². The second kappa shape index (κ2) is 4.98. The molecule has 90 valence electrons. The van der Waals surface area contributed by atoms with Gasteiger partial charge in [-0.25, -0.2) is 0 Å². The van der Waals surface area contributed by atoms with Crippen LogP contribution in [0.15, 0.2) is 34.5 Å². The number of rotatable bonds is 3. The van der Waals surface area contributed by atoms with Crippen LogP contribution in [0.2, 0.25) is 5.02 Å². The molecule has 0 saturated heterocycles. The third kappa shape index (κ3) is 2.56. The summed E-state index contributed by atoms with van der Waals surface area (Å²) < 4.78 is 5.76. The van der Waals surface area contributed by atoms with Gasteiger partial charge in [0.05, 0.1) is 5.02 Å². The molecule has 1 aliphatic heterocycles. The summed E-state index contributed by atoms with van der Waals surface area (Å²) in [5.41, 5.74) is 0. The SMILES string of the molecule is CC(Oc1ccccc1Cl)C1N=NC(=S)N1C. The second-order valence-electron chi connectivity index (χ2n) is 3.78. The lowest BCUT2D eigenvalue weighted by Crippen LogP contribution is -2.39. The molecular formula is C11H12ClN3OS. The number of hydrogen-bond donors (Lipinski definition) is 0. The molecule has 0 spiro atoms. The Kier molecular flexibility index (Phi) is 3.59. The summed E-state index contributed by atoms with van der Waals surface area (Å²) in [7, 11) is 1.85. The first-order valence-electron chi connectivity index (χ1n) is 5.18. The fraction of sp³-hybridized carbons (Fsp3) is 0.364. The normalized spacial score (nSPS) is 20.8. The van der Waals surface area contributed by atoms with E-state index >= 15 is 0 Å². The molecule has 0 amide bonds. The summed E-state index contributed by atoms with van der Waals surface area (Å²) in [6, 6.07) is 7.34. The maximum atomic E-state index is 6.02. The standard InChI is InChI=1S/C11H12ClN3OS/c1-7(10-13-14-11(17)15(10)2)16-9-6-4-3-5-8(9)12/h3-7,10H,1-2H3. The maximum Gasteiger partial charge on any atom is 0.217 e. The van der Waals surface area contributed by atoms with Crippen molar-refractivity contribution in [3.05, 3.63) is 29.3 Å². The zero-order chi connectivity index (χ0) is 12.4. The van der Waals surface area contributed by atoms with Gasteiger partial charge in [-0.05, 0) is 31.3 Å². The van der Waals surface area contributed by atoms with Crippen LogP contribution < -0.4 is 4.74 Å². The molecule has 0 radical (unpaired) electrons. The van der Waals surface area contributed by atoms with Crippen molar-refractivity contribution in [1.29, 1.82) is 0 Å². The van der Waals surface area contributed by atoms with E-state index in [9.17, 15) is 0 Å². The zero-order valence-electron chi connectivity index (χ0n) is 9.50. The van der Waals surface area contributed by atoms with E-state index in [4.69, 9.17) is 28.6 Å². The molecule has 0 saturated carbocycles. The summed E-state index contributed by atoms with van der Waals surface area (Å²) in [6.07, 6.45) is -0.372. The Hall–Kier alpha value is -1.20. The molecular weight excluding hydrogens is 258 g/mol. The third-order valence-electron chi connectivity index (χ3n) is 2.53. The number of para-hydroxylation sites is 1. The van der Waals surface area contributed by atoms with Crippen molar-refractivity contribution < 1.29 is 4.74 Å². The van der Waals surface area contributed by atoms with E-state index < -0.39 is 0 Å². The molecule has 0 aromatic heterocycles. The van der Waals surface area contributed by atoms with E-state index in [1.807, 2.05) is 32.2 Å². The Morgan fingerprint density at radius 1 is 1.47 bits per heavy atom. The van der Waals surface area contributed by atoms with E-state index in [1.165, 1.54) is 0 Å². The number of thiocarbonyl (C=S) groups is 1. The van der Waals surface area contributed by atoms with Gasteiger partial charge in [0.25, 0.3) is 0 Å². The molecule has 1 heterocycles. The molecule has 2 rings (SSSR count). The average Bonchev–Trinajstić information content (AvgIpc) is 2.63. The van der Waals surface area contributed by atoms with Gasteiger partial charge in [-0.3, -0.25) is 0 Å². The van der Waals surface area contributed by atoms with Gasteiger partial charge in [-0.2, -0.15) is 5.11 Å². The van der Waals surface area contributed by atoms with E-state index in [1.54, 1.807) is 11.0 Å². The number of benzene rings is 1. The fourth-order valence-corrected chi connectivity index (χ4v) is 1.92. The largest absolute Gasteiger partial charge is 0.485 e. The van der Waals surface area contributed by atoms with Crippen LogP contribution in [0.5, 0.6) is 5.75 Å². The molecule has 2 atom stereocenters. The van der Waals surface area contributed by atoms with E-state index in [-0.39, 0.29) is 12.3 Å². The van der Waals surface area contributed by atoms with Crippen LogP contribution in [-0.2, 0) is 0 Å². The lowest BCUT2D eigenvalue weighted by atomic mass is 10.3. The maximum absolute atomic E-state index is 6.02. The van der Waals surface area contributed by atoms with Crippen LogP contribution in [0.3, 0.4) is 0 Å². The molecule has 2 unspecified atom stereocenters. The first-order chi connectivity index (χ1) is 8.09. The van der Waals surface area contributed by atoms with Gasteiger partial charge in [0.15, 0.2) is 6.17 Å². The number of halogens is 1. The number of likely N-dealkylation sites (N-methyl/N-ethyl adjacent to an activating group) is 1. The van der Waals surface area contributed by atoms with Gasteiger partial charge in [-0.1, -0.05) is 23.7 Å². The smallest absolute Gasteiger partial charge is 0.217 e. The summed E-state index contributed by atoms with van der Waals surface area (Å²) in [6.45, 7) is 1.91. The van der Waals surface area contributed by atoms with E-state index in [0.29, 0.717) is 15.9 Å². The first kappa shape index (κ1) is 12.3. The molecule has 1 aliphatic rings. The fourth-order valence-electron chi connectivity index (χ4n) is 1.58. The molecule has 17 heavy (non-hydrogen) atoms. The van der Waals surface area contributed by atoms with Crippen molar-refractivity contribution in [2.75, 3.05) is 7.05 Å². The average molecular weight is 270 g/mol. The van der Waals surface area contributed by atoms with Crippen molar-refractivity contribution in [1.82, 2.24) is 4.90 Å². The highest BCUT2D eigenvalue weighted by molar-refractivity contribution is 7.80. The first-order valence-corrected chi connectivity index (χ1v) is 5.97. The molecule has 1 aromatic rings. The highest BCUT2D eigenvalue weighted by Gasteiger charge is 2.29. The second-order valence-corrected chi connectivity index (χ2v) is 4.55. The lowest BCUT2D eigenvalue weighted by Gasteiger charge is -2.24. The molecule has 0 fully saturated rings. The highest BCUT2D eigenvalue weighted by atomic mass is 35.5. The highest BCUT2D eigenvalue weighted by Crippen LogP contribution is 2.26. The van der Waals surface area contributed by atoms with Crippen molar-refractivity contribution in [2.45, 2.75) is 19.2 Å². The number of nitrogens with zero attached hydrogens (tertiary/aromatic N) is 3. The Morgan fingerprint density at radius 3 is 2.76 bits per heavy atom. The van der Waals surface area contributed by atoms with E-state index in [2.05, 4.69) is 10.2 Å². The molecule has 0 N–H and O–H groups in total. The third-order valence-corrected chi connectivity index (χ3v) is 3.21. The minimum absolute atomic E-state index is 0.177. The van der Waals surface area contributed by atoms with Crippen LogP contribution in [0.25, 0.3) is 0 Å².